The largest absolute Gasteiger partial charge is 0.469 e. The molecule has 6 heteroatoms. The van der Waals surface area contributed by atoms with Gasteiger partial charge in [-0.05, 0) is 19.1 Å². The summed E-state index contributed by atoms with van der Waals surface area (Å²) in [7, 11) is 3.10. The van der Waals surface area contributed by atoms with Crippen LogP contribution in [0.25, 0.3) is 0 Å². The molecule has 0 fully saturated rings. The second-order valence-electron chi connectivity index (χ2n) is 3.84. The maximum absolute atomic E-state index is 11.8. The number of ether oxygens (including phenoxy) is 2. The topological polar surface area (TPSA) is 68.7 Å². The number of carbonyl (C=O) groups is 2. The highest BCUT2D eigenvalue weighted by Gasteiger charge is 2.16. The van der Waals surface area contributed by atoms with Gasteiger partial charge in [-0.2, -0.15) is 0 Å². The monoisotopic (exact) mass is 266 g/mol. The van der Waals surface area contributed by atoms with Crippen molar-refractivity contribution in [3.05, 3.63) is 23.9 Å². The number of rotatable bonds is 6. The van der Waals surface area contributed by atoms with E-state index in [0.717, 1.165) is 0 Å². The van der Waals surface area contributed by atoms with E-state index in [2.05, 4.69) is 9.72 Å². The van der Waals surface area contributed by atoms with E-state index in [1.165, 1.54) is 7.11 Å². The zero-order valence-corrected chi connectivity index (χ0v) is 11.4. The number of nitrogens with zero attached hydrogens (tertiary/aromatic N) is 2. The van der Waals surface area contributed by atoms with Gasteiger partial charge in [0.25, 0.3) is 0 Å². The molecule has 1 rings (SSSR count). The molecule has 0 aliphatic carbocycles. The standard InChI is InChI=1S/C13H18N2O4/c1-4-19-13(17)10-6-5-8-14-12(10)15(2)9-7-11(16)18-3/h5-6,8H,4,7,9H2,1-3H3. The van der Waals surface area contributed by atoms with Gasteiger partial charge >= 0.3 is 11.9 Å². The molecule has 0 amide bonds. The highest BCUT2D eigenvalue weighted by molar-refractivity contribution is 5.94. The van der Waals surface area contributed by atoms with Gasteiger partial charge < -0.3 is 14.4 Å². The maximum Gasteiger partial charge on any atom is 0.341 e. The third-order valence-electron chi connectivity index (χ3n) is 2.52. The molecule has 0 spiro atoms. The molecule has 0 saturated heterocycles. The molecule has 6 nitrogen and oxygen atoms in total. The Morgan fingerprint density at radius 1 is 1.42 bits per heavy atom. The van der Waals surface area contributed by atoms with E-state index in [4.69, 9.17) is 4.74 Å². The number of esters is 2. The van der Waals surface area contributed by atoms with Crippen LogP contribution in [0.15, 0.2) is 18.3 Å². The van der Waals surface area contributed by atoms with Crippen LogP contribution in [0.1, 0.15) is 23.7 Å². The van der Waals surface area contributed by atoms with Crippen molar-refractivity contribution in [3.63, 3.8) is 0 Å². The summed E-state index contributed by atoms with van der Waals surface area (Å²) in [5, 5.41) is 0. The lowest BCUT2D eigenvalue weighted by Crippen LogP contribution is -2.25. The lowest BCUT2D eigenvalue weighted by Gasteiger charge is -2.19. The van der Waals surface area contributed by atoms with Crippen LogP contribution in [0.4, 0.5) is 5.82 Å². The lowest BCUT2D eigenvalue weighted by atomic mass is 10.2. The normalized spacial score (nSPS) is 9.84. The van der Waals surface area contributed by atoms with E-state index in [0.29, 0.717) is 24.5 Å². The molecule has 0 aromatic carbocycles. The van der Waals surface area contributed by atoms with E-state index < -0.39 is 5.97 Å². The first-order valence-corrected chi connectivity index (χ1v) is 6.00. The minimum absolute atomic E-state index is 0.228. The Morgan fingerprint density at radius 3 is 2.79 bits per heavy atom. The quantitative estimate of drug-likeness (QED) is 0.722. The molecular weight excluding hydrogens is 248 g/mol. The summed E-state index contributed by atoms with van der Waals surface area (Å²) in [6, 6.07) is 3.32. The molecule has 104 valence electrons. The molecule has 0 radical (unpaired) electrons. The van der Waals surface area contributed by atoms with Gasteiger partial charge in [-0.25, -0.2) is 9.78 Å². The lowest BCUT2D eigenvalue weighted by molar-refractivity contribution is -0.140. The van der Waals surface area contributed by atoms with Crippen molar-refractivity contribution in [2.75, 3.05) is 32.2 Å². The molecule has 19 heavy (non-hydrogen) atoms. The van der Waals surface area contributed by atoms with Gasteiger partial charge in [0.1, 0.15) is 11.4 Å². The van der Waals surface area contributed by atoms with Crippen LogP contribution < -0.4 is 4.90 Å². The summed E-state index contributed by atoms with van der Waals surface area (Å²) in [5.74, 6) is -0.235. The Hall–Kier alpha value is -2.11. The Balaban J connectivity index is 2.81. The highest BCUT2D eigenvalue weighted by atomic mass is 16.5. The number of hydrogen-bond acceptors (Lipinski definition) is 6. The molecule has 0 saturated carbocycles. The van der Waals surface area contributed by atoms with E-state index in [1.54, 1.807) is 37.2 Å². The molecule has 0 N–H and O–H groups in total. The fraction of sp³-hybridized carbons (Fsp3) is 0.462. The minimum atomic E-state index is -0.421. The predicted molar refractivity (Wildman–Crippen MR) is 70.1 cm³/mol. The van der Waals surface area contributed by atoms with Crippen LogP contribution in [0.5, 0.6) is 0 Å². The summed E-state index contributed by atoms with van der Waals surface area (Å²) in [5.41, 5.74) is 0.386. The van der Waals surface area contributed by atoms with E-state index in [-0.39, 0.29) is 12.4 Å². The molecular formula is C13H18N2O4. The molecule has 0 aliphatic heterocycles. The second kappa shape index (κ2) is 7.35. The van der Waals surface area contributed by atoms with Crippen molar-refractivity contribution in [2.45, 2.75) is 13.3 Å². The summed E-state index contributed by atoms with van der Waals surface area (Å²) >= 11 is 0. The van der Waals surface area contributed by atoms with E-state index in [1.807, 2.05) is 0 Å². The number of pyridine rings is 1. The maximum atomic E-state index is 11.8. The highest BCUT2D eigenvalue weighted by Crippen LogP contribution is 2.17. The van der Waals surface area contributed by atoms with Gasteiger partial charge in [-0.15, -0.1) is 0 Å². The molecule has 0 atom stereocenters. The van der Waals surface area contributed by atoms with Crippen molar-refractivity contribution in [3.8, 4) is 0 Å². The first kappa shape index (κ1) is 14.9. The number of anilines is 1. The van der Waals surface area contributed by atoms with Gasteiger partial charge in [-0.3, -0.25) is 4.79 Å². The van der Waals surface area contributed by atoms with Crippen molar-refractivity contribution < 1.29 is 19.1 Å². The molecule has 1 aromatic heterocycles. The van der Waals surface area contributed by atoms with Crippen LogP contribution in [-0.4, -0.2) is 44.2 Å². The van der Waals surface area contributed by atoms with Crippen molar-refractivity contribution in [2.24, 2.45) is 0 Å². The van der Waals surface area contributed by atoms with Crippen LogP contribution >= 0.6 is 0 Å². The molecule has 0 aliphatic rings. The summed E-state index contributed by atoms with van der Waals surface area (Å²) in [6.07, 6.45) is 1.82. The Morgan fingerprint density at radius 2 is 2.16 bits per heavy atom. The fourth-order valence-corrected chi connectivity index (χ4v) is 1.54. The zero-order valence-electron chi connectivity index (χ0n) is 11.4. The van der Waals surface area contributed by atoms with Crippen LogP contribution in [0, 0.1) is 0 Å². The number of aromatic nitrogens is 1. The van der Waals surface area contributed by atoms with Crippen LogP contribution in [-0.2, 0) is 14.3 Å². The third-order valence-corrected chi connectivity index (χ3v) is 2.52. The Kier molecular flexibility index (Phi) is 5.78. The SMILES string of the molecule is CCOC(=O)c1cccnc1N(C)CCC(=O)OC. The number of hydrogen-bond donors (Lipinski definition) is 0. The van der Waals surface area contributed by atoms with Crippen LogP contribution in [0.2, 0.25) is 0 Å². The zero-order chi connectivity index (χ0) is 14.3. The van der Waals surface area contributed by atoms with Gasteiger partial charge in [0, 0.05) is 19.8 Å². The number of carbonyl (C=O) groups excluding carboxylic acids is 2. The smallest absolute Gasteiger partial charge is 0.341 e. The van der Waals surface area contributed by atoms with E-state index >= 15 is 0 Å². The van der Waals surface area contributed by atoms with Crippen LogP contribution in [0.3, 0.4) is 0 Å². The van der Waals surface area contributed by atoms with E-state index in [9.17, 15) is 9.59 Å². The Labute approximate surface area is 112 Å². The van der Waals surface area contributed by atoms with Gasteiger partial charge in [0.2, 0.25) is 0 Å². The van der Waals surface area contributed by atoms with Gasteiger partial charge in [-0.1, -0.05) is 0 Å². The fourth-order valence-electron chi connectivity index (χ4n) is 1.54. The summed E-state index contributed by atoms with van der Waals surface area (Å²) in [4.78, 5) is 28.8. The number of methoxy groups -OCH3 is 1. The predicted octanol–water partition coefficient (Wildman–Crippen LogP) is 1.26. The third kappa shape index (κ3) is 4.24. The van der Waals surface area contributed by atoms with Gasteiger partial charge in [0.05, 0.1) is 20.1 Å². The average Bonchev–Trinajstić information content (AvgIpc) is 2.44. The Bertz CT molecular complexity index is 448. The molecule has 1 heterocycles. The molecule has 1 aromatic rings. The second-order valence-corrected chi connectivity index (χ2v) is 3.84. The first-order valence-electron chi connectivity index (χ1n) is 6.00. The summed E-state index contributed by atoms with van der Waals surface area (Å²) < 4.78 is 9.54. The average molecular weight is 266 g/mol. The first-order chi connectivity index (χ1) is 9.10. The van der Waals surface area contributed by atoms with Gasteiger partial charge in [0.15, 0.2) is 0 Å². The summed E-state index contributed by atoms with van der Waals surface area (Å²) in [6.45, 7) is 2.46. The molecule has 0 unspecified atom stereocenters. The van der Waals surface area contributed by atoms with Crippen molar-refractivity contribution in [1.82, 2.24) is 4.98 Å². The minimum Gasteiger partial charge on any atom is -0.469 e. The van der Waals surface area contributed by atoms with Crippen molar-refractivity contribution in [1.29, 1.82) is 0 Å². The molecule has 0 bridgehead atoms. The van der Waals surface area contributed by atoms with Crippen molar-refractivity contribution >= 4 is 17.8 Å².